The zero-order valence-corrected chi connectivity index (χ0v) is 5.57. The molecule has 0 aromatic carbocycles. The molecule has 0 aliphatic rings. The molecule has 0 saturated heterocycles. The van der Waals surface area contributed by atoms with Crippen molar-refractivity contribution in [3.8, 4) is 0 Å². The van der Waals surface area contributed by atoms with E-state index in [0.717, 1.165) is 0 Å². The molecule has 0 aromatic heterocycles. The molecule has 0 saturated carbocycles. The molecule has 0 atom stereocenters. The van der Waals surface area contributed by atoms with Gasteiger partial charge in [0.1, 0.15) is 20.6 Å². The first-order valence-electron chi connectivity index (χ1n) is 2.92. The lowest BCUT2D eigenvalue weighted by Gasteiger charge is -1.95. The van der Waals surface area contributed by atoms with Gasteiger partial charge in [0.15, 0.2) is 0 Å². The van der Waals surface area contributed by atoms with E-state index in [0.29, 0.717) is 0 Å². The second-order valence-corrected chi connectivity index (χ2v) is 2.16. The van der Waals surface area contributed by atoms with Crippen LogP contribution < -0.4 is 4.90 Å². The number of hydrogen-bond acceptors (Lipinski definition) is 1. The summed E-state index contributed by atoms with van der Waals surface area (Å²) in [7, 11) is 4.21. The summed E-state index contributed by atoms with van der Waals surface area (Å²) < 4.78 is 0. The molecule has 0 fully saturated rings. The molecule has 7 heavy (non-hydrogen) atoms. The fourth-order valence-electron chi connectivity index (χ4n) is 0.474. The van der Waals surface area contributed by atoms with E-state index in [2.05, 4.69) is 25.9 Å². The largest absolute Gasteiger partial charge is 0.175 e. The lowest BCUT2D eigenvalue weighted by atomic mass is 10.3. The van der Waals surface area contributed by atoms with Crippen LogP contribution in [0.2, 0.25) is 0 Å². The quantitative estimate of drug-likeness (QED) is 0.471. The molecule has 0 amide bonds. The summed E-state index contributed by atoms with van der Waals surface area (Å²) in [6.45, 7) is 3.44. The van der Waals surface area contributed by atoms with Crippen molar-refractivity contribution in [1.29, 1.82) is 0 Å². The zero-order chi connectivity index (χ0) is 5.70. The molecule has 0 N–H and O–H groups in total. The van der Waals surface area contributed by atoms with Gasteiger partial charge in [0.2, 0.25) is 0 Å². The Labute approximate surface area is 46.3 Å². The van der Waals surface area contributed by atoms with Crippen molar-refractivity contribution in [2.75, 3.05) is 20.6 Å². The van der Waals surface area contributed by atoms with Gasteiger partial charge < -0.3 is 0 Å². The van der Waals surface area contributed by atoms with Crippen LogP contribution in [0.15, 0.2) is 0 Å². The van der Waals surface area contributed by atoms with Crippen molar-refractivity contribution in [3.05, 3.63) is 0 Å². The third kappa shape index (κ3) is 5.96. The fourth-order valence-corrected chi connectivity index (χ4v) is 0.474. The SMILES string of the molecule is CCCC[N+](C)C. The van der Waals surface area contributed by atoms with Gasteiger partial charge in [-0.15, -0.1) is 0 Å². The van der Waals surface area contributed by atoms with Gasteiger partial charge >= 0.3 is 0 Å². The van der Waals surface area contributed by atoms with Gasteiger partial charge in [-0.25, -0.2) is 0 Å². The van der Waals surface area contributed by atoms with Crippen LogP contribution in [0.1, 0.15) is 19.8 Å². The Bertz CT molecular complexity index is 33.2. The summed E-state index contributed by atoms with van der Waals surface area (Å²) >= 11 is 0. The third-order valence-corrected chi connectivity index (χ3v) is 0.959. The van der Waals surface area contributed by atoms with Gasteiger partial charge in [0.05, 0.1) is 0 Å². The average molecular weight is 101 g/mol. The Morgan fingerprint density at radius 1 is 1.29 bits per heavy atom. The molecule has 0 aliphatic carbocycles. The van der Waals surface area contributed by atoms with Crippen LogP contribution in [0.3, 0.4) is 0 Å². The molecule has 0 spiro atoms. The first kappa shape index (κ1) is 6.96. The Hall–Kier alpha value is -0.0400. The van der Waals surface area contributed by atoms with Gasteiger partial charge in [0, 0.05) is 6.42 Å². The van der Waals surface area contributed by atoms with Crippen LogP contribution in [0.25, 0.3) is 0 Å². The second-order valence-electron chi connectivity index (χ2n) is 2.16. The van der Waals surface area contributed by atoms with Crippen molar-refractivity contribution in [2.45, 2.75) is 19.8 Å². The summed E-state index contributed by atoms with van der Waals surface area (Å²) in [6.07, 6.45) is 2.63. The van der Waals surface area contributed by atoms with Crippen molar-refractivity contribution in [2.24, 2.45) is 0 Å². The molecule has 43 valence electrons. The average Bonchev–Trinajstić information content (AvgIpc) is 1.61. The Morgan fingerprint density at radius 3 is 2.00 bits per heavy atom. The molecule has 0 heterocycles. The van der Waals surface area contributed by atoms with Crippen LogP contribution in [0.4, 0.5) is 0 Å². The minimum absolute atomic E-state index is 1.23. The van der Waals surface area contributed by atoms with Gasteiger partial charge in [-0.3, -0.25) is 0 Å². The highest BCUT2D eigenvalue weighted by molar-refractivity contribution is 4.45. The first-order chi connectivity index (χ1) is 3.27. The summed E-state index contributed by atoms with van der Waals surface area (Å²) in [4.78, 5) is 2.21. The lowest BCUT2D eigenvalue weighted by Crippen LogP contribution is -2.19. The van der Waals surface area contributed by atoms with Crippen LogP contribution in [0, 0.1) is 0 Å². The predicted molar refractivity (Wildman–Crippen MR) is 33.8 cm³/mol. The maximum absolute atomic E-state index is 2.21. The minimum atomic E-state index is 1.23. The van der Waals surface area contributed by atoms with E-state index in [-0.39, 0.29) is 0 Å². The highest BCUT2D eigenvalue weighted by Gasteiger charge is 1.93. The van der Waals surface area contributed by atoms with Crippen LogP contribution in [0.5, 0.6) is 0 Å². The number of unbranched alkanes of at least 4 members (excludes halogenated alkanes) is 1. The van der Waals surface area contributed by atoms with Crippen molar-refractivity contribution < 1.29 is 0 Å². The molecule has 0 aliphatic heterocycles. The topological polar surface area (TPSA) is 5.90 Å². The molecule has 1 heteroatoms. The van der Waals surface area contributed by atoms with Crippen molar-refractivity contribution in [3.63, 3.8) is 0 Å². The smallest absolute Gasteiger partial charge is 0.122 e. The molecule has 1 radical (unpaired) electrons. The molecule has 1 nitrogen and oxygen atoms in total. The van der Waals surface area contributed by atoms with E-state index in [1.807, 2.05) is 0 Å². The Morgan fingerprint density at radius 2 is 1.86 bits per heavy atom. The van der Waals surface area contributed by atoms with E-state index in [9.17, 15) is 0 Å². The highest BCUT2D eigenvalue weighted by Crippen LogP contribution is 1.84. The Kier molecular flexibility index (Phi) is 4.10. The first-order valence-corrected chi connectivity index (χ1v) is 2.92. The van der Waals surface area contributed by atoms with Crippen LogP contribution >= 0.6 is 0 Å². The number of rotatable bonds is 3. The van der Waals surface area contributed by atoms with E-state index in [4.69, 9.17) is 0 Å². The van der Waals surface area contributed by atoms with Crippen LogP contribution in [-0.4, -0.2) is 20.6 Å². The molecule has 0 rings (SSSR count). The predicted octanol–water partition coefficient (Wildman–Crippen LogP) is 1.19. The highest BCUT2D eigenvalue weighted by atomic mass is 15.0. The minimum Gasteiger partial charge on any atom is -0.175 e. The van der Waals surface area contributed by atoms with E-state index in [1.165, 1.54) is 19.4 Å². The molecule has 0 bridgehead atoms. The summed E-state index contributed by atoms with van der Waals surface area (Å²) in [5, 5.41) is 0. The van der Waals surface area contributed by atoms with Gasteiger partial charge in [-0.05, 0) is 0 Å². The summed E-state index contributed by atoms with van der Waals surface area (Å²) in [6, 6.07) is 0. The monoisotopic (exact) mass is 101 g/mol. The number of nitrogens with zero attached hydrogens (tertiary/aromatic N) is 1. The summed E-state index contributed by atoms with van der Waals surface area (Å²) in [5.74, 6) is 0. The third-order valence-electron chi connectivity index (χ3n) is 0.959. The van der Waals surface area contributed by atoms with E-state index in [1.54, 1.807) is 0 Å². The molecular weight excluding hydrogens is 86.1 g/mol. The lowest BCUT2D eigenvalue weighted by molar-refractivity contribution is 0.537. The maximum Gasteiger partial charge on any atom is 0.122 e. The molecule has 0 aromatic rings. The normalized spacial score (nSPS) is 10.3. The Balaban J connectivity index is 2.68. The van der Waals surface area contributed by atoms with Gasteiger partial charge in [0.25, 0.3) is 0 Å². The number of hydrogen-bond donors (Lipinski definition) is 0. The van der Waals surface area contributed by atoms with E-state index >= 15 is 0 Å². The van der Waals surface area contributed by atoms with E-state index < -0.39 is 0 Å². The molecule has 0 unspecified atom stereocenters. The van der Waals surface area contributed by atoms with Gasteiger partial charge in [-0.1, -0.05) is 13.3 Å². The van der Waals surface area contributed by atoms with Crippen LogP contribution in [-0.2, 0) is 0 Å². The molecular formula is C6H15N+. The van der Waals surface area contributed by atoms with Crippen molar-refractivity contribution in [1.82, 2.24) is 4.90 Å². The fraction of sp³-hybridized carbons (Fsp3) is 1.00. The second kappa shape index (κ2) is 4.13. The standard InChI is InChI=1S/C6H15N/c1-4-5-6-7(2)3/h4-6H2,1-3H3/q+1. The summed E-state index contributed by atoms with van der Waals surface area (Å²) in [5.41, 5.74) is 0. The van der Waals surface area contributed by atoms with Crippen molar-refractivity contribution >= 4 is 0 Å². The maximum atomic E-state index is 2.21. The van der Waals surface area contributed by atoms with Gasteiger partial charge in [-0.2, -0.15) is 4.90 Å². The zero-order valence-electron chi connectivity index (χ0n) is 5.57.